The van der Waals surface area contributed by atoms with E-state index in [-0.39, 0.29) is 11.5 Å². The first-order valence-corrected chi connectivity index (χ1v) is 14.9. The molecule has 1 atom stereocenters. The second-order valence-electron chi connectivity index (χ2n) is 10.8. The molecule has 0 aromatic heterocycles. The van der Waals surface area contributed by atoms with E-state index in [9.17, 15) is 0 Å². The highest BCUT2D eigenvalue weighted by Gasteiger charge is 2.42. The van der Waals surface area contributed by atoms with E-state index in [4.69, 9.17) is 4.74 Å². The summed E-state index contributed by atoms with van der Waals surface area (Å²) < 4.78 is 6.43. The van der Waals surface area contributed by atoms with Crippen LogP contribution in [0.1, 0.15) is 38.8 Å². The van der Waals surface area contributed by atoms with Crippen LogP contribution in [-0.2, 0) is 5.41 Å². The molecule has 1 unspecified atom stereocenters. The lowest BCUT2D eigenvalue weighted by molar-refractivity contribution is 0.354. The van der Waals surface area contributed by atoms with Gasteiger partial charge in [0.25, 0.3) is 0 Å². The summed E-state index contributed by atoms with van der Waals surface area (Å²) in [6.45, 7) is 20.7. The van der Waals surface area contributed by atoms with E-state index in [0.717, 1.165) is 5.75 Å². The van der Waals surface area contributed by atoms with Crippen molar-refractivity contribution in [3.8, 4) is 5.75 Å². The van der Waals surface area contributed by atoms with Gasteiger partial charge in [-0.1, -0.05) is 94.1 Å². The molecule has 1 heterocycles. The Labute approximate surface area is 201 Å². The molecule has 0 saturated carbocycles. The number of rotatable bonds is 6. The Morgan fingerprint density at radius 3 is 2.42 bits per heavy atom. The summed E-state index contributed by atoms with van der Waals surface area (Å²) in [4.78, 5) is 2.39. The van der Waals surface area contributed by atoms with Gasteiger partial charge in [-0.15, -0.1) is 0 Å². The fourth-order valence-electron chi connectivity index (χ4n) is 5.38. The van der Waals surface area contributed by atoms with E-state index >= 15 is 0 Å². The number of nitrogens with zero attached hydrogens (tertiary/aromatic N) is 1. The van der Waals surface area contributed by atoms with Crippen molar-refractivity contribution in [2.75, 3.05) is 11.5 Å². The highest BCUT2D eigenvalue weighted by molar-refractivity contribution is 6.97. The van der Waals surface area contributed by atoms with Crippen LogP contribution in [0, 0.1) is 6.92 Å². The largest absolute Gasteiger partial charge is 0.489 e. The molecule has 0 radical (unpaired) electrons. The van der Waals surface area contributed by atoms with Crippen molar-refractivity contribution in [1.82, 2.24) is 0 Å². The second-order valence-corrected chi connectivity index (χ2v) is 15.1. The molecule has 2 aromatic rings. The average Bonchev–Trinajstić information content (AvgIpc) is 3.29. The summed E-state index contributed by atoms with van der Waals surface area (Å²) in [5.41, 5.74) is 6.68. The third-order valence-electron chi connectivity index (χ3n) is 6.86. The van der Waals surface area contributed by atoms with Crippen LogP contribution in [0.2, 0.25) is 13.1 Å². The Balaban J connectivity index is 1.86. The summed E-state index contributed by atoms with van der Waals surface area (Å²) in [6, 6.07) is 15.6. The van der Waals surface area contributed by atoms with E-state index in [1.807, 2.05) is 6.08 Å². The van der Waals surface area contributed by atoms with Gasteiger partial charge in [-0.05, 0) is 59.0 Å². The quantitative estimate of drug-likeness (QED) is 0.344. The molecule has 2 aromatic carbocycles. The number of ether oxygens (including phenoxy) is 1. The van der Waals surface area contributed by atoms with E-state index < -0.39 is 8.07 Å². The van der Waals surface area contributed by atoms with Crippen molar-refractivity contribution in [2.45, 2.75) is 59.2 Å². The number of fused-ring (bicyclic) bond motifs is 1. The van der Waals surface area contributed by atoms with Crippen molar-refractivity contribution in [3.63, 3.8) is 0 Å². The van der Waals surface area contributed by atoms with Crippen LogP contribution < -0.4 is 14.8 Å². The first-order valence-electron chi connectivity index (χ1n) is 11.9. The third-order valence-corrected chi connectivity index (χ3v) is 10.5. The van der Waals surface area contributed by atoms with Gasteiger partial charge in [0.2, 0.25) is 0 Å². The molecule has 3 heteroatoms. The fourth-order valence-corrected chi connectivity index (χ4v) is 9.03. The van der Waals surface area contributed by atoms with Gasteiger partial charge in [0.15, 0.2) is 0 Å². The number of aryl methyl sites for hydroxylation is 1. The van der Waals surface area contributed by atoms with Crippen LogP contribution in [-0.4, -0.2) is 20.7 Å². The standard InChI is InChI=1S/C30H37NOSi/c1-9-17-32-28-25(30(4,5)6)18-21(2)19-27(28)33(7,8)29-22(3)20-26-24(29)15-16-31(26)23-13-11-10-12-14-23/h9-16,18-20,26H,1,17H2,2-8H3. The monoisotopic (exact) mass is 455 g/mol. The first kappa shape index (κ1) is 23.4. The van der Waals surface area contributed by atoms with Crippen LogP contribution >= 0.6 is 0 Å². The lowest BCUT2D eigenvalue weighted by atomic mass is 9.85. The SMILES string of the molecule is C=CCOc1c(C(C)(C)C)cc(C)cc1[Si](C)(C)C1=C2C=CN(c3ccccc3)C2C=C1C. The normalized spacial score (nSPS) is 18.0. The number of hydrogen-bond acceptors (Lipinski definition) is 2. The van der Waals surface area contributed by atoms with Gasteiger partial charge in [0, 0.05) is 11.9 Å². The molecule has 33 heavy (non-hydrogen) atoms. The zero-order chi connectivity index (χ0) is 24.0. The first-order chi connectivity index (χ1) is 15.6. The minimum Gasteiger partial charge on any atom is -0.489 e. The molecule has 1 aliphatic heterocycles. The molecule has 172 valence electrons. The number of benzene rings is 2. The Morgan fingerprint density at radius 1 is 1.09 bits per heavy atom. The van der Waals surface area contributed by atoms with Crippen molar-refractivity contribution in [3.05, 3.63) is 101 Å². The summed E-state index contributed by atoms with van der Waals surface area (Å²) in [5.74, 6) is 1.07. The molecule has 0 spiro atoms. The third kappa shape index (κ3) is 4.15. The molecular formula is C30H37NOSi. The van der Waals surface area contributed by atoms with Crippen molar-refractivity contribution < 1.29 is 4.74 Å². The molecule has 0 saturated heterocycles. The lowest BCUT2D eigenvalue weighted by Gasteiger charge is -2.33. The van der Waals surface area contributed by atoms with Crippen molar-refractivity contribution in [2.24, 2.45) is 0 Å². The number of para-hydroxylation sites is 1. The highest BCUT2D eigenvalue weighted by Crippen LogP contribution is 2.43. The van der Waals surface area contributed by atoms with E-state index in [2.05, 4.69) is 120 Å². The topological polar surface area (TPSA) is 12.5 Å². The van der Waals surface area contributed by atoms with E-state index in [1.165, 1.54) is 38.3 Å². The minimum absolute atomic E-state index is 0.0000277. The van der Waals surface area contributed by atoms with E-state index in [1.54, 1.807) is 0 Å². The number of anilines is 1. The summed E-state index contributed by atoms with van der Waals surface area (Å²) in [5, 5.41) is 2.92. The van der Waals surface area contributed by atoms with Gasteiger partial charge >= 0.3 is 0 Å². The fraction of sp³-hybridized carbons (Fsp3) is 0.333. The molecule has 0 N–H and O–H groups in total. The molecule has 2 nitrogen and oxygen atoms in total. The lowest BCUT2D eigenvalue weighted by Crippen LogP contribution is -2.46. The Bertz CT molecular complexity index is 1160. The summed E-state index contributed by atoms with van der Waals surface area (Å²) >= 11 is 0. The molecule has 0 fully saturated rings. The van der Waals surface area contributed by atoms with Crippen LogP contribution in [0.5, 0.6) is 5.75 Å². The Hall–Kier alpha value is -2.78. The molecular weight excluding hydrogens is 418 g/mol. The van der Waals surface area contributed by atoms with Gasteiger partial charge in [-0.2, -0.15) is 0 Å². The van der Waals surface area contributed by atoms with Crippen LogP contribution in [0.4, 0.5) is 5.69 Å². The van der Waals surface area contributed by atoms with Gasteiger partial charge in [0.1, 0.15) is 20.4 Å². The predicted octanol–water partition coefficient (Wildman–Crippen LogP) is 6.97. The maximum Gasteiger partial charge on any atom is 0.123 e. The van der Waals surface area contributed by atoms with Crippen LogP contribution in [0.25, 0.3) is 0 Å². The zero-order valence-electron chi connectivity index (χ0n) is 21.2. The molecule has 0 amide bonds. The van der Waals surface area contributed by atoms with E-state index in [0.29, 0.717) is 6.61 Å². The molecule has 1 aliphatic carbocycles. The maximum atomic E-state index is 6.43. The summed E-state index contributed by atoms with van der Waals surface area (Å²) in [7, 11) is -2.09. The summed E-state index contributed by atoms with van der Waals surface area (Å²) in [6.07, 6.45) is 8.87. The zero-order valence-corrected chi connectivity index (χ0v) is 22.2. The molecule has 2 aliphatic rings. The minimum atomic E-state index is -2.09. The van der Waals surface area contributed by atoms with Gasteiger partial charge < -0.3 is 9.64 Å². The van der Waals surface area contributed by atoms with Crippen LogP contribution in [0.3, 0.4) is 0 Å². The average molecular weight is 456 g/mol. The van der Waals surface area contributed by atoms with Gasteiger partial charge in [-0.3, -0.25) is 0 Å². The molecule has 0 bridgehead atoms. The highest BCUT2D eigenvalue weighted by atomic mass is 28.3. The molecule has 4 rings (SSSR count). The van der Waals surface area contributed by atoms with Crippen LogP contribution in [0.15, 0.2) is 89.8 Å². The maximum absolute atomic E-state index is 6.43. The van der Waals surface area contributed by atoms with Crippen molar-refractivity contribution in [1.29, 1.82) is 0 Å². The van der Waals surface area contributed by atoms with Gasteiger partial charge in [0.05, 0.1) is 6.04 Å². The Morgan fingerprint density at radius 2 is 1.79 bits per heavy atom. The second kappa shape index (κ2) is 8.53. The predicted molar refractivity (Wildman–Crippen MR) is 145 cm³/mol. The number of hydrogen-bond donors (Lipinski definition) is 0. The smallest absolute Gasteiger partial charge is 0.123 e. The number of allylic oxidation sites excluding steroid dienone is 2. The van der Waals surface area contributed by atoms with Gasteiger partial charge in [-0.25, -0.2) is 0 Å². The van der Waals surface area contributed by atoms with Crippen molar-refractivity contribution >= 4 is 18.9 Å². The Kier molecular flexibility index (Phi) is 6.04.